The second-order valence-corrected chi connectivity index (χ2v) is 7.48. The van der Waals surface area contributed by atoms with Gasteiger partial charge in [0.25, 0.3) is 0 Å². The fourth-order valence-corrected chi connectivity index (χ4v) is 3.87. The lowest BCUT2D eigenvalue weighted by atomic mass is 10.0. The Labute approximate surface area is 172 Å². The quantitative estimate of drug-likeness (QED) is 0.763. The topological polar surface area (TPSA) is 77.4 Å². The van der Waals surface area contributed by atoms with Crippen molar-refractivity contribution < 1.29 is 29.2 Å². The van der Waals surface area contributed by atoms with Crippen LogP contribution in [0.2, 0.25) is 10.0 Å². The first kappa shape index (κ1) is 20.1. The van der Waals surface area contributed by atoms with Gasteiger partial charge in [0.15, 0.2) is 12.6 Å². The molecule has 2 aliphatic heterocycles. The van der Waals surface area contributed by atoms with Crippen LogP contribution in [0.15, 0.2) is 48.5 Å². The highest BCUT2D eigenvalue weighted by atomic mass is 35.5. The zero-order valence-corrected chi connectivity index (χ0v) is 16.3. The molecule has 2 fully saturated rings. The predicted octanol–water partition coefficient (Wildman–Crippen LogP) is 3.24. The van der Waals surface area contributed by atoms with Gasteiger partial charge in [0.1, 0.15) is 24.4 Å². The molecular weight excluding hydrogens is 407 g/mol. The van der Waals surface area contributed by atoms with Crippen molar-refractivity contribution in [2.45, 2.75) is 37.0 Å². The van der Waals surface area contributed by atoms with E-state index in [0.29, 0.717) is 21.2 Å². The highest BCUT2D eigenvalue weighted by Gasteiger charge is 2.48. The van der Waals surface area contributed by atoms with Crippen LogP contribution in [0.5, 0.6) is 0 Å². The normalized spacial score (nSPS) is 31.2. The monoisotopic (exact) mass is 426 g/mol. The molecule has 0 radical (unpaired) electrons. The molecule has 2 saturated heterocycles. The summed E-state index contributed by atoms with van der Waals surface area (Å²) < 4.78 is 23.7. The molecular formula is C20H20Cl2O6. The number of halogens is 2. The van der Waals surface area contributed by atoms with E-state index in [1.807, 2.05) is 24.3 Å². The summed E-state index contributed by atoms with van der Waals surface area (Å²) >= 11 is 12.5. The molecule has 0 aromatic heterocycles. The fraction of sp³-hybridized carbons (Fsp3) is 0.400. The number of hydrogen-bond acceptors (Lipinski definition) is 6. The van der Waals surface area contributed by atoms with Gasteiger partial charge in [-0.2, -0.15) is 0 Å². The van der Waals surface area contributed by atoms with Gasteiger partial charge in [0.05, 0.1) is 13.2 Å². The molecule has 6 nitrogen and oxygen atoms in total. The van der Waals surface area contributed by atoms with Crippen molar-refractivity contribution in [2.75, 3.05) is 13.2 Å². The minimum Gasteiger partial charge on any atom is -0.394 e. The molecule has 0 aliphatic carbocycles. The smallest absolute Gasteiger partial charge is 0.186 e. The van der Waals surface area contributed by atoms with Crippen LogP contribution in [0.3, 0.4) is 0 Å². The zero-order chi connectivity index (χ0) is 19.7. The van der Waals surface area contributed by atoms with Crippen LogP contribution in [-0.4, -0.2) is 47.8 Å². The summed E-state index contributed by atoms with van der Waals surface area (Å²) in [6, 6.07) is 14.4. The van der Waals surface area contributed by atoms with E-state index in [1.165, 1.54) is 0 Å². The van der Waals surface area contributed by atoms with Crippen LogP contribution in [0.25, 0.3) is 0 Å². The maximum absolute atomic E-state index is 10.2. The summed E-state index contributed by atoms with van der Waals surface area (Å²) in [6.07, 6.45) is -4.54. The molecule has 2 aromatic rings. The van der Waals surface area contributed by atoms with E-state index in [9.17, 15) is 10.2 Å². The van der Waals surface area contributed by atoms with Crippen molar-refractivity contribution in [3.8, 4) is 0 Å². The highest BCUT2D eigenvalue weighted by molar-refractivity contribution is 6.31. The third-order valence-electron chi connectivity index (χ3n) is 4.85. The van der Waals surface area contributed by atoms with E-state index in [-0.39, 0.29) is 6.61 Å². The van der Waals surface area contributed by atoms with Gasteiger partial charge in [-0.05, 0) is 12.1 Å². The van der Waals surface area contributed by atoms with Crippen molar-refractivity contribution in [3.63, 3.8) is 0 Å². The van der Waals surface area contributed by atoms with Gasteiger partial charge in [-0.15, -0.1) is 0 Å². The Morgan fingerprint density at radius 2 is 1.50 bits per heavy atom. The Bertz CT molecular complexity index is 819. The molecule has 6 atom stereocenters. The number of rotatable bonds is 5. The number of ether oxygens (including phenoxy) is 4. The number of aliphatic hydroxyl groups excluding tert-OH is 2. The maximum atomic E-state index is 10.2. The molecule has 28 heavy (non-hydrogen) atoms. The van der Waals surface area contributed by atoms with Gasteiger partial charge >= 0.3 is 0 Å². The van der Waals surface area contributed by atoms with Crippen molar-refractivity contribution in [1.29, 1.82) is 0 Å². The molecule has 0 bridgehead atoms. The Kier molecular flexibility index (Phi) is 6.20. The molecule has 8 heteroatoms. The molecule has 2 unspecified atom stereocenters. The van der Waals surface area contributed by atoms with E-state index in [0.717, 1.165) is 0 Å². The molecule has 4 rings (SSSR count). The van der Waals surface area contributed by atoms with Crippen LogP contribution in [-0.2, 0) is 18.9 Å². The summed E-state index contributed by atoms with van der Waals surface area (Å²) in [6.45, 7) is -0.241. The van der Waals surface area contributed by atoms with Crippen LogP contribution in [0.4, 0.5) is 0 Å². The fourth-order valence-electron chi connectivity index (χ4n) is 3.42. The SMILES string of the molecule is OC[C@H](O)[C@H]1OC(c2ccccc2Cl)O[C@@H]1[C@H]1COC(c2ccccc2Cl)O1. The lowest BCUT2D eigenvalue weighted by Gasteiger charge is -2.24. The van der Waals surface area contributed by atoms with E-state index in [4.69, 9.17) is 42.1 Å². The van der Waals surface area contributed by atoms with Crippen molar-refractivity contribution in [2.24, 2.45) is 0 Å². The number of hydrogen-bond donors (Lipinski definition) is 2. The molecule has 2 N–H and O–H groups in total. The molecule has 150 valence electrons. The van der Waals surface area contributed by atoms with Crippen molar-refractivity contribution >= 4 is 23.2 Å². The summed E-state index contributed by atoms with van der Waals surface area (Å²) in [5, 5.41) is 20.7. The van der Waals surface area contributed by atoms with Gasteiger partial charge in [-0.25, -0.2) is 0 Å². The average Bonchev–Trinajstić information content (AvgIpc) is 3.35. The molecule has 2 aromatic carbocycles. The molecule has 2 heterocycles. The van der Waals surface area contributed by atoms with Gasteiger partial charge in [-0.1, -0.05) is 59.6 Å². The molecule has 0 amide bonds. The second-order valence-electron chi connectivity index (χ2n) is 6.67. The van der Waals surface area contributed by atoms with Crippen LogP contribution >= 0.6 is 23.2 Å². The van der Waals surface area contributed by atoms with Gasteiger partial charge < -0.3 is 29.2 Å². The minimum atomic E-state index is -1.14. The van der Waals surface area contributed by atoms with Crippen molar-refractivity contribution in [1.82, 2.24) is 0 Å². The molecule has 0 spiro atoms. The first-order valence-electron chi connectivity index (χ1n) is 8.94. The van der Waals surface area contributed by atoms with Crippen molar-refractivity contribution in [3.05, 3.63) is 69.7 Å². The highest BCUT2D eigenvalue weighted by Crippen LogP contribution is 2.41. The third-order valence-corrected chi connectivity index (χ3v) is 5.53. The van der Waals surface area contributed by atoms with Gasteiger partial charge in [-0.3, -0.25) is 0 Å². The summed E-state index contributed by atoms with van der Waals surface area (Å²) in [5.41, 5.74) is 1.36. The van der Waals surface area contributed by atoms with Crippen LogP contribution in [0.1, 0.15) is 23.7 Å². The van der Waals surface area contributed by atoms with Gasteiger partial charge in [0.2, 0.25) is 0 Å². The largest absolute Gasteiger partial charge is 0.394 e. The predicted molar refractivity (Wildman–Crippen MR) is 102 cm³/mol. The average molecular weight is 427 g/mol. The Balaban J connectivity index is 1.53. The Hall–Kier alpha value is -1.22. The zero-order valence-electron chi connectivity index (χ0n) is 14.8. The summed E-state index contributed by atoms with van der Waals surface area (Å²) in [7, 11) is 0. The summed E-state index contributed by atoms with van der Waals surface area (Å²) in [5.74, 6) is 0. The second kappa shape index (κ2) is 8.65. The standard InChI is InChI=1S/C20H20Cl2O6/c21-13-7-3-1-5-11(13)19-25-10-16(26-19)18-17(15(24)9-23)27-20(28-18)12-6-2-4-8-14(12)22/h1-8,15-20,23-24H,9-10H2/t15-,16+,17+,18+,19?,20?/m0/s1. The molecule has 2 aliphatic rings. The summed E-state index contributed by atoms with van der Waals surface area (Å²) in [4.78, 5) is 0. The van der Waals surface area contributed by atoms with E-state index in [1.54, 1.807) is 24.3 Å². The van der Waals surface area contributed by atoms with Crippen LogP contribution in [0, 0.1) is 0 Å². The maximum Gasteiger partial charge on any atom is 0.186 e. The Morgan fingerprint density at radius 3 is 2.11 bits per heavy atom. The Morgan fingerprint density at radius 1 is 0.893 bits per heavy atom. The number of benzene rings is 2. The molecule has 0 saturated carbocycles. The van der Waals surface area contributed by atoms with Crippen LogP contribution < -0.4 is 0 Å². The minimum absolute atomic E-state index is 0.230. The van der Waals surface area contributed by atoms with E-state index >= 15 is 0 Å². The van der Waals surface area contributed by atoms with E-state index < -0.39 is 43.6 Å². The van der Waals surface area contributed by atoms with Gasteiger partial charge in [0, 0.05) is 21.2 Å². The number of aliphatic hydroxyl groups is 2. The first-order valence-corrected chi connectivity index (χ1v) is 9.70. The lowest BCUT2D eigenvalue weighted by molar-refractivity contribution is -0.107. The lowest BCUT2D eigenvalue weighted by Crippen LogP contribution is -2.44. The first-order chi connectivity index (χ1) is 13.6. The van der Waals surface area contributed by atoms with E-state index in [2.05, 4.69) is 0 Å². The third kappa shape index (κ3) is 3.92.